The van der Waals surface area contributed by atoms with Gasteiger partial charge in [-0.25, -0.2) is 8.42 Å². The molecule has 0 amide bonds. The third-order valence-corrected chi connectivity index (χ3v) is 5.47. The van der Waals surface area contributed by atoms with E-state index in [1.54, 1.807) is 26.0 Å². The number of nitrogens with zero attached hydrogens (tertiary/aromatic N) is 2. The lowest BCUT2D eigenvalue weighted by Crippen LogP contribution is -2.36. The molecule has 0 bridgehead atoms. The Hall–Kier alpha value is -2.06. The van der Waals surface area contributed by atoms with Crippen LogP contribution in [0, 0.1) is 13.8 Å². The van der Waals surface area contributed by atoms with Gasteiger partial charge < -0.3 is 9.64 Å². The molecular formula is C15H20N4O3S. The lowest BCUT2D eigenvalue weighted by Gasteiger charge is -2.28. The highest BCUT2D eigenvalue weighted by molar-refractivity contribution is 7.92. The summed E-state index contributed by atoms with van der Waals surface area (Å²) >= 11 is 0. The van der Waals surface area contributed by atoms with E-state index in [1.807, 2.05) is 12.1 Å². The van der Waals surface area contributed by atoms with Crippen LogP contribution in [-0.2, 0) is 14.8 Å². The van der Waals surface area contributed by atoms with Crippen LogP contribution in [0.15, 0.2) is 29.2 Å². The number of H-pyrrole nitrogens is 1. The maximum atomic E-state index is 12.5. The van der Waals surface area contributed by atoms with E-state index in [-0.39, 0.29) is 4.90 Å². The maximum absolute atomic E-state index is 12.5. The minimum absolute atomic E-state index is 0.203. The molecule has 23 heavy (non-hydrogen) atoms. The summed E-state index contributed by atoms with van der Waals surface area (Å²) in [6, 6.07) is 7.37. The number of aromatic nitrogens is 2. The van der Waals surface area contributed by atoms with Gasteiger partial charge in [-0.2, -0.15) is 5.10 Å². The van der Waals surface area contributed by atoms with Crippen molar-refractivity contribution in [1.29, 1.82) is 0 Å². The molecule has 1 aliphatic heterocycles. The molecule has 0 radical (unpaired) electrons. The molecule has 8 heteroatoms. The molecule has 1 fully saturated rings. The summed E-state index contributed by atoms with van der Waals surface area (Å²) in [5.74, 6) is 0. The van der Waals surface area contributed by atoms with Crippen LogP contribution >= 0.6 is 0 Å². The van der Waals surface area contributed by atoms with Crippen molar-refractivity contribution < 1.29 is 13.2 Å². The van der Waals surface area contributed by atoms with E-state index in [2.05, 4.69) is 19.8 Å². The van der Waals surface area contributed by atoms with Gasteiger partial charge in [0.15, 0.2) is 0 Å². The second-order valence-corrected chi connectivity index (χ2v) is 7.13. The zero-order valence-electron chi connectivity index (χ0n) is 13.2. The van der Waals surface area contributed by atoms with Crippen molar-refractivity contribution in [2.45, 2.75) is 18.7 Å². The van der Waals surface area contributed by atoms with E-state index in [1.165, 1.54) is 0 Å². The SMILES string of the molecule is Cc1n[nH]c(C)c1S(=O)(=O)Nc1ccc(N2CCOCC2)cc1. The first kappa shape index (κ1) is 15.8. The first-order chi connectivity index (χ1) is 11.0. The van der Waals surface area contributed by atoms with Crippen molar-refractivity contribution in [2.75, 3.05) is 35.9 Å². The molecule has 1 saturated heterocycles. The molecule has 2 N–H and O–H groups in total. The van der Waals surface area contributed by atoms with Crippen LogP contribution in [0.4, 0.5) is 11.4 Å². The van der Waals surface area contributed by atoms with Crippen LogP contribution in [0.2, 0.25) is 0 Å². The second-order valence-electron chi connectivity index (χ2n) is 5.51. The first-order valence-electron chi connectivity index (χ1n) is 7.44. The van der Waals surface area contributed by atoms with Crippen molar-refractivity contribution in [1.82, 2.24) is 10.2 Å². The van der Waals surface area contributed by atoms with Crippen molar-refractivity contribution in [2.24, 2.45) is 0 Å². The number of rotatable bonds is 4. The van der Waals surface area contributed by atoms with Crippen LogP contribution in [0.25, 0.3) is 0 Å². The molecule has 1 aromatic heterocycles. The minimum atomic E-state index is -3.65. The molecule has 1 aromatic carbocycles. The summed E-state index contributed by atoms with van der Waals surface area (Å²) in [5, 5.41) is 6.63. The Balaban J connectivity index is 1.78. The van der Waals surface area contributed by atoms with E-state index in [0.717, 1.165) is 18.8 Å². The lowest BCUT2D eigenvalue weighted by molar-refractivity contribution is 0.122. The van der Waals surface area contributed by atoms with Gasteiger partial charge in [0.2, 0.25) is 0 Å². The molecule has 0 unspecified atom stereocenters. The van der Waals surface area contributed by atoms with E-state index < -0.39 is 10.0 Å². The van der Waals surface area contributed by atoms with Gasteiger partial charge in [0.1, 0.15) is 4.90 Å². The number of anilines is 2. The second kappa shape index (κ2) is 6.21. The van der Waals surface area contributed by atoms with Gasteiger partial charge >= 0.3 is 0 Å². The number of hydrogen-bond acceptors (Lipinski definition) is 5. The lowest BCUT2D eigenvalue weighted by atomic mass is 10.2. The largest absolute Gasteiger partial charge is 0.378 e. The first-order valence-corrected chi connectivity index (χ1v) is 8.93. The quantitative estimate of drug-likeness (QED) is 0.887. The van der Waals surface area contributed by atoms with Crippen LogP contribution in [0.3, 0.4) is 0 Å². The smallest absolute Gasteiger partial charge is 0.265 e. The molecule has 124 valence electrons. The third-order valence-electron chi connectivity index (χ3n) is 3.82. The highest BCUT2D eigenvalue weighted by Gasteiger charge is 2.22. The van der Waals surface area contributed by atoms with Crippen LogP contribution in [0.1, 0.15) is 11.4 Å². The molecule has 2 aromatic rings. The summed E-state index contributed by atoms with van der Waals surface area (Å²) in [4.78, 5) is 2.42. The van der Waals surface area contributed by atoms with Crippen molar-refractivity contribution in [3.8, 4) is 0 Å². The molecule has 0 atom stereocenters. The number of aromatic amines is 1. The van der Waals surface area contributed by atoms with Gasteiger partial charge in [-0.1, -0.05) is 0 Å². The van der Waals surface area contributed by atoms with E-state index in [0.29, 0.717) is 30.3 Å². The molecule has 0 saturated carbocycles. The summed E-state index contributed by atoms with van der Waals surface area (Å²) in [6.07, 6.45) is 0. The van der Waals surface area contributed by atoms with E-state index >= 15 is 0 Å². The highest BCUT2D eigenvalue weighted by atomic mass is 32.2. The van der Waals surface area contributed by atoms with Gasteiger partial charge in [0, 0.05) is 24.5 Å². The number of ether oxygens (including phenoxy) is 1. The van der Waals surface area contributed by atoms with E-state index in [9.17, 15) is 8.42 Å². The fourth-order valence-electron chi connectivity index (χ4n) is 2.70. The van der Waals surface area contributed by atoms with Gasteiger partial charge in [-0.05, 0) is 38.1 Å². The maximum Gasteiger partial charge on any atom is 0.265 e. The Labute approximate surface area is 135 Å². The van der Waals surface area contributed by atoms with Crippen LogP contribution in [-0.4, -0.2) is 44.9 Å². The van der Waals surface area contributed by atoms with Crippen molar-refractivity contribution >= 4 is 21.4 Å². The Morgan fingerprint density at radius 2 is 1.83 bits per heavy atom. The molecule has 7 nitrogen and oxygen atoms in total. The van der Waals surface area contributed by atoms with Gasteiger partial charge in [-0.3, -0.25) is 9.82 Å². The number of nitrogens with one attached hydrogen (secondary N) is 2. The fourth-order valence-corrected chi connectivity index (χ4v) is 4.14. The summed E-state index contributed by atoms with van der Waals surface area (Å²) in [6.45, 7) is 6.48. The molecule has 0 aliphatic carbocycles. The Morgan fingerprint density at radius 3 is 2.39 bits per heavy atom. The molecule has 1 aliphatic rings. The van der Waals surface area contributed by atoms with Gasteiger partial charge in [0.05, 0.1) is 24.6 Å². The number of benzene rings is 1. The summed E-state index contributed by atoms with van der Waals surface area (Å²) < 4.78 is 32.9. The Morgan fingerprint density at radius 1 is 1.17 bits per heavy atom. The standard InChI is InChI=1S/C15H20N4O3S/c1-11-15(12(2)17-16-11)23(20,21)18-13-3-5-14(6-4-13)19-7-9-22-10-8-19/h3-6,18H,7-10H2,1-2H3,(H,16,17). The normalized spacial score (nSPS) is 15.7. The summed E-state index contributed by atoms with van der Waals surface area (Å²) in [7, 11) is -3.65. The zero-order chi connectivity index (χ0) is 16.4. The molecular weight excluding hydrogens is 316 g/mol. The number of sulfonamides is 1. The highest BCUT2D eigenvalue weighted by Crippen LogP contribution is 2.23. The molecule has 2 heterocycles. The Bertz CT molecular complexity index is 758. The van der Waals surface area contributed by atoms with Gasteiger partial charge in [0.25, 0.3) is 10.0 Å². The predicted molar refractivity (Wildman–Crippen MR) is 88.3 cm³/mol. The average Bonchev–Trinajstić information content (AvgIpc) is 2.88. The van der Waals surface area contributed by atoms with Gasteiger partial charge in [-0.15, -0.1) is 0 Å². The number of aryl methyl sites for hydroxylation is 2. The average molecular weight is 336 g/mol. The van der Waals surface area contributed by atoms with Crippen LogP contribution in [0.5, 0.6) is 0 Å². The minimum Gasteiger partial charge on any atom is -0.378 e. The molecule has 3 rings (SSSR count). The van der Waals surface area contributed by atoms with Crippen molar-refractivity contribution in [3.05, 3.63) is 35.7 Å². The van der Waals surface area contributed by atoms with Crippen LogP contribution < -0.4 is 9.62 Å². The topological polar surface area (TPSA) is 87.3 Å². The number of morpholine rings is 1. The zero-order valence-corrected chi connectivity index (χ0v) is 14.0. The summed E-state index contributed by atoms with van der Waals surface area (Å²) in [5.41, 5.74) is 2.58. The molecule has 0 spiro atoms. The monoisotopic (exact) mass is 336 g/mol. The van der Waals surface area contributed by atoms with E-state index in [4.69, 9.17) is 4.74 Å². The van der Waals surface area contributed by atoms with Crippen molar-refractivity contribution in [3.63, 3.8) is 0 Å². The fraction of sp³-hybridized carbons (Fsp3) is 0.400. The predicted octanol–water partition coefficient (Wildman–Crippen LogP) is 1.66. The number of hydrogen-bond donors (Lipinski definition) is 2. The third kappa shape index (κ3) is 3.32. The Kier molecular flexibility index (Phi) is 4.27.